The highest BCUT2D eigenvalue weighted by Crippen LogP contribution is 2.38. The van der Waals surface area contributed by atoms with Gasteiger partial charge in [0.1, 0.15) is 11.4 Å². The fourth-order valence-electron chi connectivity index (χ4n) is 3.79. The first-order chi connectivity index (χ1) is 15.7. The van der Waals surface area contributed by atoms with Gasteiger partial charge in [0.25, 0.3) is 11.8 Å². The summed E-state index contributed by atoms with van der Waals surface area (Å²) in [6, 6.07) is 21.7. The van der Waals surface area contributed by atoms with Crippen LogP contribution in [-0.2, 0) is 15.0 Å². The molecule has 0 fully saturated rings. The van der Waals surface area contributed by atoms with Gasteiger partial charge in [-0.2, -0.15) is 0 Å². The van der Waals surface area contributed by atoms with Crippen molar-refractivity contribution in [1.29, 1.82) is 0 Å². The third-order valence-corrected chi connectivity index (χ3v) is 5.78. The maximum atomic E-state index is 13.6. The van der Waals surface area contributed by atoms with E-state index in [-0.39, 0.29) is 16.7 Å². The lowest BCUT2D eigenvalue weighted by atomic mass is 9.87. The number of methoxy groups -OCH3 is 1. The van der Waals surface area contributed by atoms with Gasteiger partial charge < -0.3 is 10.1 Å². The average Bonchev–Trinajstić information content (AvgIpc) is 3.02. The standard InChI is InChI=1S/C27H25ClN2O3/c1-27(2,3)17-12-14-19(15-13-17)29-24-23(21-10-5-6-11-22(21)33-4)25(31)30(26(24)32)20-9-7-8-18(28)16-20/h5-16,29H,1-4H3. The Bertz CT molecular complexity index is 1260. The summed E-state index contributed by atoms with van der Waals surface area (Å²) in [5, 5.41) is 3.63. The number of carbonyl (C=O) groups is 2. The molecule has 0 radical (unpaired) electrons. The van der Waals surface area contributed by atoms with Crippen molar-refractivity contribution in [3.8, 4) is 5.75 Å². The third-order valence-electron chi connectivity index (χ3n) is 5.55. The number of para-hydroxylation sites is 1. The average molecular weight is 461 g/mol. The van der Waals surface area contributed by atoms with E-state index in [9.17, 15) is 9.59 Å². The number of hydrogen-bond donors (Lipinski definition) is 1. The Morgan fingerprint density at radius 2 is 1.58 bits per heavy atom. The van der Waals surface area contributed by atoms with Gasteiger partial charge in [0.2, 0.25) is 0 Å². The minimum Gasteiger partial charge on any atom is -0.496 e. The number of amides is 2. The quantitative estimate of drug-likeness (QED) is 0.471. The van der Waals surface area contributed by atoms with Crippen molar-refractivity contribution in [2.45, 2.75) is 26.2 Å². The maximum Gasteiger partial charge on any atom is 0.282 e. The van der Waals surface area contributed by atoms with Crippen LogP contribution in [-0.4, -0.2) is 18.9 Å². The van der Waals surface area contributed by atoms with E-state index in [1.165, 1.54) is 12.7 Å². The van der Waals surface area contributed by atoms with Crippen LogP contribution in [0.25, 0.3) is 5.57 Å². The molecule has 2 amide bonds. The number of benzene rings is 3. The molecule has 0 aliphatic carbocycles. The molecule has 0 unspecified atom stereocenters. The van der Waals surface area contributed by atoms with Crippen molar-refractivity contribution in [3.63, 3.8) is 0 Å². The largest absolute Gasteiger partial charge is 0.496 e. The van der Waals surface area contributed by atoms with Crippen LogP contribution in [0.15, 0.2) is 78.5 Å². The zero-order chi connectivity index (χ0) is 23.8. The molecule has 5 nitrogen and oxygen atoms in total. The van der Waals surface area contributed by atoms with E-state index < -0.39 is 11.8 Å². The minimum absolute atomic E-state index is 0.00286. The van der Waals surface area contributed by atoms with Crippen molar-refractivity contribution < 1.29 is 14.3 Å². The number of rotatable bonds is 5. The Labute approximate surface area is 198 Å². The van der Waals surface area contributed by atoms with Crippen LogP contribution >= 0.6 is 11.6 Å². The van der Waals surface area contributed by atoms with E-state index in [1.54, 1.807) is 42.5 Å². The number of nitrogens with one attached hydrogen (secondary N) is 1. The zero-order valence-electron chi connectivity index (χ0n) is 19.0. The summed E-state index contributed by atoms with van der Waals surface area (Å²) in [4.78, 5) is 28.3. The molecular formula is C27H25ClN2O3. The molecule has 168 valence electrons. The summed E-state index contributed by atoms with van der Waals surface area (Å²) in [6.45, 7) is 6.42. The third kappa shape index (κ3) is 4.37. The Morgan fingerprint density at radius 3 is 2.21 bits per heavy atom. The first-order valence-electron chi connectivity index (χ1n) is 10.6. The Balaban J connectivity index is 1.82. The van der Waals surface area contributed by atoms with Crippen LogP contribution in [0.4, 0.5) is 11.4 Å². The van der Waals surface area contributed by atoms with Crippen molar-refractivity contribution in [3.05, 3.63) is 94.6 Å². The second-order valence-corrected chi connectivity index (χ2v) is 9.26. The SMILES string of the molecule is COc1ccccc1C1=C(Nc2ccc(C(C)(C)C)cc2)C(=O)N(c2cccc(Cl)c2)C1=O. The normalized spacial score (nSPS) is 14.2. The predicted molar refractivity (Wildman–Crippen MR) is 133 cm³/mol. The lowest BCUT2D eigenvalue weighted by Gasteiger charge is -2.19. The van der Waals surface area contributed by atoms with E-state index in [1.807, 2.05) is 30.3 Å². The van der Waals surface area contributed by atoms with E-state index in [2.05, 4.69) is 26.1 Å². The summed E-state index contributed by atoms with van der Waals surface area (Å²) in [5.74, 6) is -0.396. The number of ether oxygens (including phenoxy) is 1. The van der Waals surface area contributed by atoms with Gasteiger partial charge in [-0.05, 0) is 47.4 Å². The highest BCUT2D eigenvalue weighted by molar-refractivity contribution is 6.46. The van der Waals surface area contributed by atoms with Gasteiger partial charge in [0, 0.05) is 16.3 Å². The zero-order valence-corrected chi connectivity index (χ0v) is 19.7. The molecule has 33 heavy (non-hydrogen) atoms. The number of halogens is 1. The molecule has 6 heteroatoms. The highest BCUT2D eigenvalue weighted by atomic mass is 35.5. The summed E-state index contributed by atoms with van der Waals surface area (Å²) >= 11 is 6.14. The molecule has 0 saturated carbocycles. The first kappa shape index (κ1) is 22.6. The van der Waals surface area contributed by atoms with Crippen LogP contribution < -0.4 is 15.0 Å². The molecule has 0 bridgehead atoms. The highest BCUT2D eigenvalue weighted by Gasteiger charge is 2.41. The topological polar surface area (TPSA) is 58.6 Å². The van der Waals surface area contributed by atoms with Crippen LogP contribution in [0, 0.1) is 0 Å². The lowest BCUT2D eigenvalue weighted by Crippen LogP contribution is -2.32. The van der Waals surface area contributed by atoms with E-state index in [0.29, 0.717) is 27.7 Å². The Hall–Kier alpha value is -3.57. The minimum atomic E-state index is -0.455. The molecular weight excluding hydrogens is 436 g/mol. The van der Waals surface area contributed by atoms with Crippen LogP contribution in [0.5, 0.6) is 5.75 Å². The number of carbonyl (C=O) groups excluding carboxylic acids is 2. The van der Waals surface area contributed by atoms with Gasteiger partial charge in [-0.1, -0.05) is 68.8 Å². The summed E-state index contributed by atoms with van der Waals surface area (Å²) in [5.41, 5.74) is 3.26. The van der Waals surface area contributed by atoms with Crippen LogP contribution in [0.2, 0.25) is 5.02 Å². The molecule has 4 rings (SSSR count). The van der Waals surface area contributed by atoms with E-state index in [4.69, 9.17) is 16.3 Å². The Kier molecular flexibility index (Phi) is 6.00. The second kappa shape index (κ2) is 8.75. The van der Waals surface area contributed by atoms with Gasteiger partial charge in [-0.3, -0.25) is 9.59 Å². The van der Waals surface area contributed by atoms with Gasteiger partial charge >= 0.3 is 0 Å². The van der Waals surface area contributed by atoms with Crippen molar-refractivity contribution in [2.24, 2.45) is 0 Å². The van der Waals surface area contributed by atoms with Gasteiger partial charge in [0.05, 0.1) is 18.4 Å². The number of imide groups is 1. The van der Waals surface area contributed by atoms with Gasteiger partial charge in [-0.15, -0.1) is 0 Å². The van der Waals surface area contributed by atoms with Crippen LogP contribution in [0.1, 0.15) is 31.9 Å². The second-order valence-electron chi connectivity index (χ2n) is 8.83. The number of hydrogen-bond acceptors (Lipinski definition) is 4. The first-order valence-corrected chi connectivity index (χ1v) is 11.0. The van der Waals surface area contributed by atoms with Crippen molar-refractivity contribution in [1.82, 2.24) is 0 Å². The summed E-state index contributed by atoms with van der Waals surface area (Å²) < 4.78 is 5.49. The molecule has 0 atom stereocenters. The summed E-state index contributed by atoms with van der Waals surface area (Å²) in [7, 11) is 1.54. The van der Waals surface area contributed by atoms with Crippen molar-refractivity contribution in [2.75, 3.05) is 17.3 Å². The summed E-state index contributed by atoms with van der Waals surface area (Å²) in [6.07, 6.45) is 0. The number of anilines is 2. The van der Waals surface area contributed by atoms with E-state index in [0.717, 1.165) is 4.90 Å². The fraction of sp³-hybridized carbons (Fsp3) is 0.185. The molecule has 1 N–H and O–H groups in total. The fourth-order valence-corrected chi connectivity index (χ4v) is 3.98. The molecule has 0 saturated heterocycles. The molecule has 0 aromatic heterocycles. The molecule has 1 aliphatic heterocycles. The van der Waals surface area contributed by atoms with Crippen molar-refractivity contribution >= 4 is 40.4 Å². The molecule has 3 aromatic carbocycles. The molecule has 1 aliphatic rings. The molecule has 0 spiro atoms. The number of nitrogens with zero attached hydrogens (tertiary/aromatic N) is 1. The van der Waals surface area contributed by atoms with Gasteiger partial charge in [-0.25, -0.2) is 4.90 Å². The molecule has 3 aromatic rings. The Morgan fingerprint density at radius 1 is 0.879 bits per heavy atom. The van der Waals surface area contributed by atoms with Gasteiger partial charge in [0.15, 0.2) is 0 Å². The monoisotopic (exact) mass is 460 g/mol. The molecule has 1 heterocycles. The van der Waals surface area contributed by atoms with Crippen LogP contribution in [0.3, 0.4) is 0 Å². The van der Waals surface area contributed by atoms with E-state index >= 15 is 0 Å². The lowest BCUT2D eigenvalue weighted by molar-refractivity contribution is -0.120. The smallest absolute Gasteiger partial charge is 0.282 e. The maximum absolute atomic E-state index is 13.6. The predicted octanol–water partition coefficient (Wildman–Crippen LogP) is 6.04.